The zero-order valence-corrected chi connectivity index (χ0v) is 7.71. The molecule has 1 aromatic rings. The average molecular weight is 202 g/mol. The molecule has 13 heavy (non-hydrogen) atoms. The Morgan fingerprint density at radius 1 is 1.62 bits per heavy atom. The molecule has 5 heteroatoms. The third kappa shape index (κ3) is 1.79. The van der Waals surface area contributed by atoms with Gasteiger partial charge >= 0.3 is 0 Å². The van der Waals surface area contributed by atoms with Crippen molar-refractivity contribution in [2.75, 3.05) is 0 Å². The second-order valence-electron chi connectivity index (χ2n) is 2.59. The highest BCUT2D eigenvalue weighted by atomic mass is 35.5. The van der Waals surface area contributed by atoms with E-state index in [4.69, 9.17) is 16.7 Å². The topological polar surface area (TPSA) is 63.4 Å². The maximum Gasteiger partial charge on any atom is 0.275 e. The highest BCUT2D eigenvalue weighted by Crippen LogP contribution is 2.27. The van der Waals surface area contributed by atoms with Crippen LogP contribution in [0.1, 0.15) is 11.1 Å². The van der Waals surface area contributed by atoms with E-state index in [1.807, 2.05) is 0 Å². The zero-order valence-electron chi connectivity index (χ0n) is 6.95. The molecule has 0 aliphatic heterocycles. The second kappa shape index (κ2) is 3.72. The summed E-state index contributed by atoms with van der Waals surface area (Å²) < 4.78 is 0. The van der Waals surface area contributed by atoms with E-state index in [9.17, 15) is 10.1 Å². The molecule has 0 saturated heterocycles. The zero-order chi connectivity index (χ0) is 10.0. The SMILES string of the molecule is Cc1c(Cl)ccc([N+](=O)[O-])c1CO. The first-order chi connectivity index (χ1) is 6.07. The van der Waals surface area contributed by atoms with Gasteiger partial charge in [0, 0.05) is 11.1 Å². The fourth-order valence-electron chi connectivity index (χ4n) is 1.08. The van der Waals surface area contributed by atoms with Crippen LogP contribution in [0.2, 0.25) is 5.02 Å². The Labute approximate surface area is 79.9 Å². The van der Waals surface area contributed by atoms with Crippen LogP contribution in [0.3, 0.4) is 0 Å². The van der Waals surface area contributed by atoms with Crippen LogP contribution in [0, 0.1) is 17.0 Å². The lowest BCUT2D eigenvalue weighted by Gasteiger charge is -2.04. The Kier molecular flexibility index (Phi) is 2.85. The number of nitro benzene ring substituents is 1. The summed E-state index contributed by atoms with van der Waals surface area (Å²) in [4.78, 5) is 9.96. The van der Waals surface area contributed by atoms with Gasteiger partial charge in [-0.1, -0.05) is 11.6 Å². The molecule has 1 aromatic carbocycles. The lowest BCUT2D eigenvalue weighted by molar-refractivity contribution is -0.385. The number of aliphatic hydroxyl groups excluding tert-OH is 1. The van der Waals surface area contributed by atoms with Gasteiger partial charge in [0.15, 0.2) is 0 Å². The number of hydrogen-bond donors (Lipinski definition) is 1. The van der Waals surface area contributed by atoms with Gasteiger partial charge in [-0.2, -0.15) is 0 Å². The van der Waals surface area contributed by atoms with Gasteiger partial charge < -0.3 is 5.11 Å². The van der Waals surface area contributed by atoms with Crippen molar-refractivity contribution in [3.63, 3.8) is 0 Å². The molecule has 0 bridgehead atoms. The molecule has 4 nitrogen and oxygen atoms in total. The van der Waals surface area contributed by atoms with Crippen LogP contribution in [0.15, 0.2) is 12.1 Å². The van der Waals surface area contributed by atoms with Crippen LogP contribution in [0.4, 0.5) is 5.69 Å². The highest BCUT2D eigenvalue weighted by Gasteiger charge is 2.16. The smallest absolute Gasteiger partial charge is 0.275 e. The molecular weight excluding hydrogens is 194 g/mol. The summed E-state index contributed by atoms with van der Waals surface area (Å²) in [6, 6.07) is 2.75. The van der Waals surface area contributed by atoms with Crippen LogP contribution in [-0.4, -0.2) is 10.0 Å². The van der Waals surface area contributed by atoms with E-state index in [0.717, 1.165) is 0 Å². The summed E-state index contributed by atoms with van der Waals surface area (Å²) in [5.74, 6) is 0. The van der Waals surface area contributed by atoms with Gasteiger partial charge in [0.2, 0.25) is 0 Å². The molecule has 0 fully saturated rings. The molecule has 0 radical (unpaired) electrons. The van der Waals surface area contributed by atoms with Crippen molar-refractivity contribution in [2.45, 2.75) is 13.5 Å². The van der Waals surface area contributed by atoms with E-state index < -0.39 is 4.92 Å². The van der Waals surface area contributed by atoms with Gasteiger partial charge in [-0.25, -0.2) is 0 Å². The van der Waals surface area contributed by atoms with Crippen molar-refractivity contribution in [3.8, 4) is 0 Å². The molecule has 1 N–H and O–H groups in total. The van der Waals surface area contributed by atoms with E-state index >= 15 is 0 Å². The molecule has 0 aromatic heterocycles. The summed E-state index contributed by atoms with van der Waals surface area (Å²) in [6.07, 6.45) is 0. The first kappa shape index (κ1) is 9.95. The lowest BCUT2D eigenvalue weighted by atomic mass is 10.1. The molecule has 0 heterocycles. The molecule has 0 spiro atoms. The molecule has 70 valence electrons. The number of halogens is 1. The van der Waals surface area contributed by atoms with Gasteiger partial charge in [0.05, 0.1) is 17.1 Å². The molecule has 0 aliphatic rings. The minimum Gasteiger partial charge on any atom is -0.391 e. The predicted octanol–water partition coefficient (Wildman–Crippen LogP) is 2.05. The van der Waals surface area contributed by atoms with E-state index in [0.29, 0.717) is 10.6 Å². The third-order valence-corrected chi connectivity index (χ3v) is 2.27. The van der Waals surface area contributed by atoms with Gasteiger partial charge in [-0.3, -0.25) is 10.1 Å². The summed E-state index contributed by atoms with van der Waals surface area (Å²) in [7, 11) is 0. The molecule has 1 rings (SSSR count). The standard InChI is InChI=1S/C8H8ClNO3/c1-5-6(4-11)8(10(12)13)3-2-7(5)9/h2-3,11H,4H2,1H3. The Morgan fingerprint density at radius 3 is 2.69 bits per heavy atom. The van der Waals surface area contributed by atoms with Crippen LogP contribution >= 0.6 is 11.6 Å². The van der Waals surface area contributed by atoms with Crippen LogP contribution in [-0.2, 0) is 6.61 Å². The van der Waals surface area contributed by atoms with Gasteiger partial charge in [-0.05, 0) is 18.6 Å². The summed E-state index contributed by atoms with van der Waals surface area (Å²) in [5.41, 5.74) is 0.736. The maximum atomic E-state index is 10.5. The number of aliphatic hydroxyl groups is 1. The van der Waals surface area contributed by atoms with E-state index in [2.05, 4.69) is 0 Å². The third-order valence-electron chi connectivity index (χ3n) is 1.86. The van der Waals surface area contributed by atoms with E-state index in [1.54, 1.807) is 6.92 Å². The number of nitro groups is 1. The predicted molar refractivity (Wildman–Crippen MR) is 48.8 cm³/mol. The van der Waals surface area contributed by atoms with Gasteiger partial charge in [0.25, 0.3) is 5.69 Å². The van der Waals surface area contributed by atoms with Crippen molar-refractivity contribution in [3.05, 3.63) is 38.4 Å². The van der Waals surface area contributed by atoms with E-state index in [1.165, 1.54) is 12.1 Å². The van der Waals surface area contributed by atoms with Crippen molar-refractivity contribution >= 4 is 17.3 Å². The minimum atomic E-state index is -0.533. The minimum absolute atomic E-state index is 0.0931. The molecule has 0 amide bonds. The van der Waals surface area contributed by atoms with Crippen LogP contribution < -0.4 is 0 Å². The molecular formula is C8H8ClNO3. The fourth-order valence-corrected chi connectivity index (χ4v) is 1.26. The Hall–Kier alpha value is -1.13. The summed E-state index contributed by atoms with van der Waals surface area (Å²) in [5, 5.41) is 19.8. The number of rotatable bonds is 2. The molecule has 0 atom stereocenters. The fraction of sp³-hybridized carbons (Fsp3) is 0.250. The van der Waals surface area contributed by atoms with Crippen molar-refractivity contribution in [1.29, 1.82) is 0 Å². The molecule has 0 unspecified atom stereocenters. The highest BCUT2D eigenvalue weighted by molar-refractivity contribution is 6.31. The normalized spacial score (nSPS) is 10.1. The van der Waals surface area contributed by atoms with Crippen molar-refractivity contribution in [2.24, 2.45) is 0 Å². The van der Waals surface area contributed by atoms with Crippen molar-refractivity contribution < 1.29 is 10.0 Å². The van der Waals surface area contributed by atoms with Crippen LogP contribution in [0.25, 0.3) is 0 Å². The number of nitrogens with zero attached hydrogens (tertiary/aromatic N) is 1. The Balaban J connectivity index is 3.38. The van der Waals surface area contributed by atoms with Gasteiger partial charge in [-0.15, -0.1) is 0 Å². The maximum absolute atomic E-state index is 10.5. The number of hydrogen-bond acceptors (Lipinski definition) is 3. The Morgan fingerprint density at radius 2 is 2.23 bits per heavy atom. The van der Waals surface area contributed by atoms with Gasteiger partial charge in [0.1, 0.15) is 0 Å². The quantitative estimate of drug-likeness (QED) is 0.588. The summed E-state index contributed by atoms with van der Waals surface area (Å²) >= 11 is 5.74. The molecule has 0 aliphatic carbocycles. The van der Waals surface area contributed by atoms with Crippen LogP contribution in [0.5, 0.6) is 0 Å². The van der Waals surface area contributed by atoms with E-state index in [-0.39, 0.29) is 17.9 Å². The first-order valence-electron chi connectivity index (χ1n) is 3.61. The molecule has 0 saturated carbocycles. The summed E-state index contributed by atoms with van der Waals surface area (Å²) in [6.45, 7) is 1.27. The first-order valence-corrected chi connectivity index (χ1v) is 3.99. The average Bonchev–Trinajstić information content (AvgIpc) is 2.09. The second-order valence-corrected chi connectivity index (χ2v) is 2.99. The largest absolute Gasteiger partial charge is 0.391 e. The monoisotopic (exact) mass is 201 g/mol. The number of benzene rings is 1. The Bertz CT molecular complexity index is 351. The van der Waals surface area contributed by atoms with Crippen molar-refractivity contribution in [1.82, 2.24) is 0 Å². The lowest BCUT2D eigenvalue weighted by Crippen LogP contribution is -1.98.